The molecule has 0 spiro atoms. The average Bonchev–Trinajstić information content (AvgIpc) is 3.20. The Morgan fingerprint density at radius 3 is 2.66 bits per heavy atom. The molecule has 0 fully saturated rings. The maximum absolute atomic E-state index is 12.3. The number of para-hydroxylation sites is 1. The zero-order chi connectivity index (χ0) is 22.7. The van der Waals surface area contributed by atoms with E-state index in [9.17, 15) is 4.79 Å². The summed E-state index contributed by atoms with van der Waals surface area (Å²) < 4.78 is 6.80. The molecule has 4 rings (SSSR count). The Labute approximate surface area is 196 Å². The van der Waals surface area contributed by atoms with E-state index in [1.807, 2.05) is 75.4 Å². The molecule has 0 atom stereocenters. The van der Waals surface area contributed by atoms with Crippen molar-refractivity contribution in [2.24, 2.45) is 0 Å². The zero-order valence-electron chi connectivity index (χ0n) is 18.1. The normalized spacial score (nSPS) is 10.7. The number of nitrogens with one attached hydrogen (secondary N) is 2. The summed E-state index contributed by atoms with van der Waals surface area (Å²) >= 11 is 6.99. The van der Waals surface area contributed by atoms with Gasteiger partial charge in [-0.3, -0.25) is 10.1 Å². The third kappa shape index (κ3) is 4.95. The SMILES string of the molecule is Cc1ccc(-c2nc3ccccc3s2)cc1NC(=S)NC(=O)COc1cccc(C)c1C. The number of fused-ring (bicyclic) bond motifs is 1. The lowest BCUT2D eigenvalue weighted by Crippen LogP contribution is -2.37. The van der Waals surface area contributed by atoms with Gasteiger partial charge in [0.05, 0.1) is 10.2 Å². The van der Waals surface area contributed by atoms with Crippen LogP contribution in [0.3, 0.4) is 0 Å². The van der Waals surface area contributed by atoms with Crippen molar-refractivity contribution in [1.82, 2.24) is 10.3 Å². The van der Waals surface area contributed by atoms with Crippen molar-refractivity contribution in [3.05, 3.63) is 77.4 Å². The van der Waals surface area contributed by atoms with Gasteiger partial charge in [0.1, 0.15) is 10.8 Å². The number of benzene rings is 3. The molecule has 0 bridgehead atoms. The van der Waals surface area contributed by atoms with Crippen molar-refractivity contribution in [1.29, 1.82) is 0 Å². The molecule has 0 unspecified atom stereocenters. The molecule has 0 saturated heterocycles. The van der Waals surface area contributed by atoms with Gasteiger partial charge in [0.25, 0.3) is 5.91 Å². The van der Waals surface area contributed by atoms with E-state index in [1.165, 1.54) is 0 Å². The van der Waals surface area contributed by atoms with E-state index < -0.39 is 0 Å². The van der Waals surface area contributed by atoms with Crippen LogP contribution >= 0.6 is 23.6 Å². The molecule has 162 valence electrons. The summed E-state index contributed by atoms with van der Waals surface area (Å²) in [5.74, 6) is 0.377. The van der Waals surface area contributed by atoms with E-state index in [2.05, 4.69) is 16.7 Å². The molecule has 5 nitrogen and oxygen atoms in total. The van der Waals surface area contributed by atoms with Gasteiger partial charge in [-0.05, 0) is 73.9 Å². The number of hydrogen-bond donors (Lipinski definition) is 2. The fourth-order valence-corrected chi connectivity index (χ4v) is 4.41. The fourth-order valence-electron chi connectivity index (χ4n) is 3.23. The number of ether oxygens (including phenoxy) is 1. The molecule has 1 amide bonds. The fraction of sp³-hybridized carbons (Fsp3) is 0.160. The highest BCUT2D eigenvalue weighted by atomic mass is 32.1. The van der Waals surface area contributed by atoms with Gasteiger partial charge in [-0.1, -0.05) is 36.4 Å². The zero-order valence-corrected chi connectivity index (χ0v) is 19.7. The van der Waals surface area contributed by atoms with Crippen LogP contribution < -0.4 is 15.4 Å². The summed E-state index contributed by atoms with van der Waals surface area (Å²) in [5, 5.41) is 6.97. The molecule has 0 radical (unpaired) electrons. The van der Waals surface area contributed by atoms with Gasteiger partial charge >= 0.3 is 0 Å². The number of hydrogen-bond acceptors (Lipinski definition) is 5. The van der Waals surface area contributed by atoms with Crippen molar-refractivity contribution in [3.8, 4) is 16.3 Å². The highest BCUT2D eigenvalue weighted by Crippen LogP contribution is 2.32. The summed E-state index contributed by atoms with van der Waals surface area (Å²) in [4.78, 5) is 17.0. The standard InChI is InChI=1S/C25H23N3O2S2/c1-15-7-6-9-21(17(15)3)30-14-23(29)28-25(31)27-20-13-18(12-11-16(20)2)24-26-19-8-4-5-10-22(19)32-24/h4-13H,14H2,1-3H3,(H2,27,28,29,31). The molecule has 0 aliphatic carbocycles. The highest BCUT2D eigenvalue weighted by molar-refractivity contribution is 7.80. The van der Waals surface area contributed by atoms with Gasteiger partial charge < -0.3 is 10.1 Å². The van der Waals surface area contributed by atoms with E-state index >= 15 is 0 Å². The highest BCUT2D eigenvalue weighted by Gasteiger charge is 2.11. The number of thiocarbonyl (C=S) groups is 1. The van der Waals surface area contributed by atoms with Crippen molar-refractivity contribution in [2.75, 3.05) is 11.9 Å². The maximum atomic E-state index is 12.3. The van der Waals surface area contributed by atoms with Gasteiger partial charge in [0, 0.05) is 11.3 Å². The van der Waals surface area contributed by atoms with Crippen molar-refractivity contribution in [2.45, 2.75) is 20.8 Å². The second-order valence-electron chi connectivity index (χ2n) is 7.51. The van der Waals surface area contributed by atoms with E-state index in [1.54, 1.807) is 11.3 Å². The van der Waals surface area contributed by atoms with Crippen LogP contribution in [0.15, 0.2) is 60.7 Å². The first-order valence-electron chi connectivity index (χ1n) is 10.2. The monoisotopic (exact) mass is 461 g/mol. The Hall–Kier alpha value is -3.29. The molecule has 0 saturated carbocycles. The molecular formula is C25H23N3O2S2. The first kappa shape index (κ1) is 21.9. The van der Waals surface area contributed by atoms with Crippen LogP contribution in [0.1, 0.15) is 16.7 Å². The van der Waals surface area contributed by atoms with Gasteiger partial charge in [0.15, 0.2) is 11.7 Å². The number of thiazole rings is 1. The molecule has 1 heterocycles. The van der Waals surface area contributed by atoms with Crippen LogP contribution in [0.5, 0.6) is 5.75 Å². The van der Waals surface area contributed by atoms with Crippen LogP contribution in [-0.4, -0.2) is 22.6 Å². The lowest BCUT2D eigenvalue weighted by Gasteiger charge is -2.14. The molecule has 4 aromatic rings. The summed E-state index contributed by atoms with van der Waals surface area (Å²) in [6.07, 6.45) is 0. The van der Waals surface area contributed by atoms with E-state index in [-0.39, 0.29) is 17.6 Å². The molecule has 32 heavy (non-hydrogen) atoms. The Bertz CT molecular complexity index is 1280. The number of anilines is 1. The minimum absolute atomic E-state index is 0.114. The summed E-state index contributed by atoms with van der Waals surface area (Å²) in [5.41, 5.74) is 5.94. The smallest absolute Gasteiger partial charge is 0.264 e. The number of nitrogens with zero attached hydrogens (tertiary/aromatic N) is 1. The molecule has 3 aromatic carbocycles. The van der Waals surface area contributed by atoms with E-state index in [4.69, 9.17) is 21.9 Å². The van der Waals surface area contributed by atoms with Gasteiger partial charge in [-0.2, -0.15) is 0 Å². The number of amides is 1. The second kappa shape index (κ2) is 9.46. The minimum Gasteiger partial charge on any atom is -0.483 e. The number of aryl methyl sites for hydroxylation is 2. The summed E-state index contributed by atoms with van der Waals surface area (Å²) in [7, 11) is 0. The number of rotatable bonds is 5. The number of carbonyl (C=O) groups is 1. The molecule has 0 aliphatic rings. The van der Waals surface area contributed by atoms with E-state index in [0.29, 0.717) is 5.75 Å². The van der Waals surface area contributed by atoms with Crippen LogP contribution in [0.25, 0.3) is 20.8 Å². The van der Waals surface area contributed by atoms with Crippen LogP contribution in [-0.2, 0) is 4.79 Å². The summed E-state index contributed by atoms with van der Waals surface area (Å²) in [6.45, 7) is 5.84. The minimum atomic E-state index is -0.316. The van der Waals surface area contributed by atoms with Gasteiger partial charge in [-0.15, -0.1) is 11.3 Å². The van der Waals surface area contributed by atoms with Gasteiger partial charge in [0.2, 0.25) is 0 Å². The van der Waals surface area contributed by atoms with E-state index in [0.717, 1.165) is 43.2 Å². The predicted octanol–water partition coefficient (Wildman–Crippen LogP) is 5.78. The third-order valence-corrected chi connectivity index (χ3v) is 6.48. The van der Waals surface area contributed by atoms with Gasteiger partial charge in [-0.25, -0.2) is 4.98 Å². The molecule has 2 N–H and O–H groups in total. The topological polar surface area (TPSA) is 63.2 Å². The van der Waals surface area contributed by atoms with Crippen LogP contribution in [0.2, 0.25) is 0 Å². The molecule has 1 aromatic heterocycles. The predicted molar refractivity (Wildman–Crippen MR) is 136 cm³/mol. The Kier molecular flexibility index (Phi) is 6.48. The lowest BCUT2D eigenvalue weighted by atomic mass is 10.1. The van der Waals surface area contributed by atoms with Crippen LogP contribution in [0, 0.1) is 20.8 Å². The Balaban J connectivity index is 1.41. The van der Waals surface area contributed by atoms with Crippen LogP contribution in [0.4, 0.5) is 5.69 Å². The largest absolute Gasteiger partial charge is 0.483 e. The molecular weight excluding hydrogens is 438 g/mol. The molecule has 7 heteroatoms. The van der Waals surface area contributed by atoms with Crippen molar-refractivity contribution in [3.63, 3.8) is 0 Å². The second-order valence-corrected chi connectivity index (χ2v) is 8.94. The summed E-state index contributed by atoms with van der Waals surface area (Å²) in [6, 6.07) is 19.9. The quantitative estimate of drug-likeness (QED) is 0.369. The average molecular weight is 462 g/mol. The van der Waals surface area contributed by atoms with Crippen molar-refractivity contribution < 1.29 is 9.53 Å². The maximum Gasteiger partial charge on any atom is 0.264 e. The lowest BCUT2D eigenvalue weighted by molar-refractivity contribution is -0.121. The van der Waals surface area contributed by atoms with Crippen molar-refractivity contribution >= 4 is 50.5 Å². The molecule has 0 aliphatic heterocycles. The first-order chi connectivity index (χ1) is 15.4. The third-order valence-electron chi connectivity index (χ3n) is 5.19. The number of carbonyl (C=O) groups excluding carboxylic acids is 1. The Morgan fingerprint density at radius 2 is 1.84 bits per heavy atom. The number of aromatic nitrogens is 1. The Morgan fingerprint density at radius 1 is 1.03 bits per heavy atom. The first-order valence-corrected chi connectivity index (χ1v) is 11.4.